The average molecular weight is 358 g/mol. The average Bonchev–Trinajstić information content (AvgIpc) is 3.07. The van der Waals surface area contributed by atoms with E-state index in [0.717, 1.165) is 30.7 Å². The van der Waals surface area contributed by atoms with Crippen LogP contribution in [0.3, 0.4) is 0 Å². The summed E-state index contributed by atoms with van der Waals surface area (Å²) >= 11 is 0. The minimum absolute atomic E-state index is 0.0784. The molecule has 2 aromatic rings. The quantitative estimate of drug-likeness (QED) is 0.887. The van der Waals surface area contributed by atoms with E-state index in [-0.39, 0.29) is 18.1 Å². The number of para-hydroxylation sites is 1. The second-order valence-electron chi connectivity index (χ2n) is 6.90. The molecule has 1 aliphatic heterocycles. The lowest BCUT2D eigenvalue weighted by atomic mass is 9.98. The lowest BCUT2D eigenvalue weighted by Gasteiger charge is -2.31. The van der Waals surface area contributed by atoms with Crippen molar-refractivity contribution in [1.29, 1.82) is 0 Å². The van der Waals surface area contributed by atoms with E-state index in [1.165, 1.54) is 0 Å². The molecule has 0 aliphatic carbocycles. The van der Waals surface area contributed by atoms with Crippen molar-refractivity contribution in [3.8, 4) is 5.75 Å². The van der Waals surface area contributed by atoms with Crippen molar-refractivity contribution in [2.75, 3.05) is 13.1 Å². The van der Waals surface area contributed by atoms with Crippen LogP contribution in [0.1, 0.15) is 49.9 Å². The number of benzene rings is 1. The lowest BCUT2D eigenvalue weighted by molar-refractivity contribution is 0.171. The van der Waals surface area contributed by atoms with E-state index in [9.17, 15) is 4.79 Å². The molecule has 2 heterocycles. The first-order chi connectivity index (χ1) is 12.5. The fourth-order valence-electron chi connectivity index (χ4n) is 3.14. The highest BCUT2D eigenvalue weighted by molar-refractivity contribution is 5.74. The molecule has 0 spiro atoms. The van der Waals surface area contributed by atoms with Gasteiger partial charge in [-0.3, -0.25) is 0 Å². The lowest BCUT2D eigenvalue weighted by Crippen LogP contribution is -2.44. The minimum Gasteiger partial charge on any atom is -0.491 e. The van der Waals surface area contributed by atoms with E-state index >= 15 is 0 Å². The molecule has 1 aliphatic rings. The molecule has 3 rings (SSSR count). The van der Waals surface area contributed by atoms with Gasteiger partial charge in [0.05, 0.1) is 12.0 Å². The third-order valence-electron chi connectivity index (χ3n) is 4.37. The first kappa shape index (κ1) is 18.2. The van der Waals surface area contributed by atoms with Gasteiger partial charge in [-0.25, -0.2) is 4.79 Å². The van der Waals surface area contributed by atoms with Gasteiger partial charge < -0.3 is 19.5 Å². The van der Waals surface area contributed by atoms with E-state index in [1.807, 2.05) is 43.0 Å². The Morgan fingerprint density at radius 1 is 1.42 bits per heavy atom. The Morgan fingerprint density at radius 2 is 2.23 bits per heavy atom. The zero-order valence-electron chi connectivity index (χ0n) is 15.6. The molecule has 0 unspecified atom stereocenters. The Kier molecular flexibility index (Phi) is 5.75. The Morgan fingerprint density at radius 3 is 2.96 bits per heavy atom. The summed E-state index contributed by atoms with van der Waals surface area (Å²) < 4.78 is 11.1. The van der Waals surface area contributed by atoms with Crippen LogP contribution >= 0.6 is 0 Å². The maximum Gasteiger partial charge on any atom is 0.317 e. The van der Waals surface area contributed by atoms with Crippen molar-refractivity contribution >= 4 is 6.03 Å². The molecule has 0 radical (unpaired) electrons. The monoisotopic (exact) mass is 358 g/mol. The number of hydrogen-bond donors (Lipinski definition) is 1. The molecule has 26 heavy (non-hydrogen) atoms. The van der Waals surface area contributed by atoms with Gasteiger partial charge in [-0.15, -0.1) is 0 Å². The largest absolute Gasteiger partial charge is 0.491 e. The Bertz CT molecular complexity index is 744. The molecule has 0 saturated carbocycles. The Hall–Kier alpha value is -2.57. The van der Waals surface area contributed by atoms with E-state index in [0.29, 0.717) is 24.8 Å². The summed E-state index contributed by atoms with van der Waals surface area (Å²) in [5, 5.41) is 6.85. The zero-order chi connectivity index (χ0) is 18.5. The van der Waals surface area contributed by atoms with Crippen molar-refractivity contribution in [2.45, 2.75) is 52.2 Å². The summed E-state index contributed by atoms with van der Waals surface area (Å²) in [7, 11) is 0. The SMILES string of the molecule is Cc1noc([C@H]2CCCN(C(=O)NCc3ccccc3OC(C)C)C2)n1. The highest BCUT2D eigenvalue weighted by Gasteiger charge is 2.28. The first-order valence-electron chi connectivity index (χ1n) is 9.10. The molecule has 7 heteroatoms. The fourth-order valence-corrected chi connectivity index (χ4v) is 3.14. The number of aryl methyl sites for hydroxylation is 1. The topological polar surface area (TPSA) is 80.5 Å². The highest BCUT2D eigenvalue weighted by atomic mass is 16.5. The standard InChI is InChI=1S/C19H26N4O3/c1-13(2)25-17-9-5-4-7-15(17)11-20-19(24)23-10-6-8-16(12-23)18-21-14(3)22-26-18/h4-5,7,9,13,16H,6,8,10-12H2,1-3H3,(H,20,24)/t16-/m0/s1. The second-order valence-corrected chi connectivity index (χ2v) is 6.90. The molecular formula is C19H26N4O3. The Balaban J connectivity index is 1.58. The molecule has 1 fully saturated rings. The zero-order valence-corrected chi connectivity index (χ0v) is 15.6. The van der Waals surface area contributed by atoms with Gasteiger partial charge >= 0.3 is 6.03 Å². The van der Waals surface area contributed by atoms with Crippen molar-refractivity contribution in [1.82, 2.24) is 20.4 Å². The van der Waals surface area contributed by atoms with Crippen molar-refractivity contribution < 1.29 is 14.1 Å². The molecule has 1 aromatic carbocycles. The molecule has 1 N–H and O–H groups in total. The number of likely N-dealkylation sites (tertiary alicyclic amines) is 1. The number of ether oxygens (including phenoxy) is 1. The van der Waals surface area contributed by atoms with Crippen LogP contribution in [0.5, 0.6) is 5.75 Å². The van der Waals surface area contributed by atoms with Crippen LogP contribution in [-0.2, 0) is 6.54 Å². The van der Waals surface area contributed by atoms with Crippen molar-refractivity contribution in [3.05, 3.63) is 41.5 Å². The smallest absolute Gasteiger partial charge is 0.317 e. The van der Waals surface area contributed by atoms with E-state index in [1.54, 1.807) is 6.92 Å². The molecule has 2 amide bonds. The number of nitrogens with zero attached hydrogens (tertiary/aromatic N) is 3. The molecule has 1 atom stereocenters. The van der Waals surface area contributed by atoms with Gasteiger partial charge in [0, 0.05) is 25.2 Å². The normalized spacial score (nSPS) is 17.4. The van der Waals surface area contributed by atoms with Crippen LogP contribution in [0, 0.1) is 6.92 Å². The number of nitrogens with one attached hydrogen (secondary N) is 1. The van der Waals surface area contributed by atoms with Crippen LogP contribution in [-0.4, -0.2) is 40.3 Å². The van der Waals surface area contributed by atoms with Crippen molar-refractivity contribution in [2.24, 2.45) is 0 Å². The van der Waals surface area contributed by atoms with Gasteiger partial charge in [0.15, 0.2) is 5.82 Å². The summed E-state index contributed by atoms with van der Waals surface area (Å²) in [4.78, 5) is 18.7. The van der Waals surface area contributed by atoms with Gasteiger partial charge in [0.2, 0.25) is 5.89 Å². The Labute approximate surface area is 153 Å². The van der Waals surface area contributed by atoms with Gasteiger partial charge in [0.25, 0.3) is 0 Å². The highest BCUT2D eigenvalue weighted by Crippen LogP contribution is 2.26. The van der Waals surface area contributed by atoms with Crippen LogP contribution in [0.15, 0.2) is 28.8 Å². The summed E-state index contributed by atoms with van der Waals surface area (Å²) in [6.45, 7) is 7.54. The number of hydrogen-bond acceptors (Lipinski definition) is 5. The third kappa shape index (κ3) is 4.53. The van der Waals surface area contributed by atoms with Crippen LogP contribution in [0.25, 0.3) is 0 Å². The van der Waals surface area contributed by atoms with Gasteiger partial charge in [-0.2, -0.15) is 4.98 Å². The third-order valence-corrected chi connectivity index (χ3v) is 4.37. The molecule has 0 bridgehead atoms. The maximum atomic E-state index is 12.6. The number of carbonyl (C=O) groups is 1. The van der Waals surface area contributed by atoms with E-state index in [4.69, 9.17) is 9.26 Å². The molecule has 7 nitrogen and oxygen atoms in total. The minimum atomic E-state index is -0.0784. The molecule has 140 valence electrons. The molecule has 1 saturated heterocycles. The summed E-state index contributed by atoms with van der Waals surface area (Å²) in [5.74, 6) is 2.16. The van der Waals surface area contributed by atoms with E-state index < -0.39 is 0 Å². The maximum absolute atomic E-state index is 12.6. The van der Waals surface area contributed by atoms with Crippen LogP contribution < -0.4 is 10.1 Å². The number of piperidine rings is 1. The van der Waals surface area contributed by atoms with Gasteiger partial charge in [-0.05, 0) is 39.7 Å². The number of aromatic nitrogens is 2. The van der Waals surface area contributed by atoms with Gasteiger partial charge in [0.1, 0.15) is 5.75 Å². The summed E-state index contributed by atoms with van der Waals surface area (Å²) in [6, 6.07) is 7.70. The second kappa shape index (κ2) is 8.21. The summed E-state index contributed by atoms with van der Waals surface area (Å²) in [5.41, 5.74) is 0.968. The number of urea groups is 1. The fraction of sp³-hybridized carbons (Fsp3) is 0.526. The number of carbonyl (C=O) groups excluding carboxylic acids is 1. The van der Waals surface area contributed by atoms with Crippen LogP contribution in [0.4, 0.5) is 4.79 Å². The predicted molar refractivity (Wildman–Crippen MR) is 97.0 cm³/mol. The number of rotatable bonds is 5. The molecular weight excluding hydrogens is 332 g/mol. The molecule has 1 aromatic heterocycles. The van der Waals surface area contributed by atoms with Crippen molar-refractivity contribution in [3.63, 3.8) is 0 Å². The first-order valence-corrected chi connectivity index (χ1v) is 9.10. The predicted octanol–water partition coefficient (Wildman–Crippen LogP) is 3.25. The van der Waals surface area contributed by atoms with Crippen LogP contribution in [0.2, 0.25) is 0 Å². The van der Waals surface area contributed by atoms with Gasteiger partial charge in [-0.1, -0.05) is 23.4 Å². The van der Waals surface area contributed by atoms with E-state index in [2.05, 4.69) is 15.5 Å². The summed E-state index contributed by atoms with van der Waals surface area (Å²) in [6.07, 6.45) is 1.97. The number of amides is 2.